The number of methoxy groups -OCH3 is 1. The highest BCUT2D eigenvalue weighted by Crippen LogP contribution is 2.16. The van der Waals surface area contributed by atoms with Crippen LogP contribution in [-0.4, -0.2) is 13.3 Å². The molecular weight excluding hydrogens is 222 g/mol. The molecule has 2 aromatic carbocycles. The molecule has 0 aliphatic heterocycles. The maximum absolute atomic E-state index is 5.18. The van der Waals surface area contributed by atoms with Crippen molar-refractivity contribution in [3.05, 3.63) is 65.7 Å². The topological polar surface area (TPSA) is 21.6 Å². The summed E-state index contributed by atoms with van der Waals surface area (Å²) in [6.45, 7) is 2.09. The average molecular weight is 239 g/mol. The van der Waals surface area contributed by atoms with E-state index in [1.165, 1.54) is 5.56 Å². The van der Waals surface area contributed by atoms with Crippen LogP contribution in [0.1, 0.15) is 24.1 Å². The van der Waals surface area contributed by atoms with Crippen LogP contribution in [0.15, 0.2) is 59.6 Å². The van der Waals surface area contributed by atoms with Crippen LogP contribution in [-0.2, 0) is 0 Å². The van der Waals surface area contributed by atoms with Gasteiger partial charge >= 0.3 is 0 Å². The number of ether oxygens (including phenoxy) is 1. The minimum atomic E-state index is 0.164. The van der Waals surface area contributed by atoms with Crippen LogP contribution in [0, 0.1) is 0 Å². The van der Waals surface area contributed by atoms with Gasteiger partial charge in [0.1, 0.15) is 5.75 Å². The molecule has 0 aliphatic carbocycles. The Hall–Kier alpha value is -2.09. The molecular formula is C16H17NO. The molecule has 0 unspecified atom stereocenters. The van der Waals surface area contributed by atoms with Gasteiger partial charge in [0, 0.05) is 6.21 Å². The van der Waals surface area contributed by atoms with Gasteiger partial charge in [-0.05, 0) is 30.2 Å². The molecule has 0 fully saturated rings. The molecule has 0 saturated heterocycles. The standard InChI is InChI=1S/C16H17NO/c1-13(15-8-4-3-5-9-15)17-12-14-7-6-10-16(11-14)18-2/h3-13H,1-2H3/t13-/m0/s1. The quantitative estimate of drug-likeness (QED) is 0.742. The van der Waals surface area contributed by atoms with Gasteiger partial charge in [-0.1, -0.05) is 42.5 Å². The number of benzene rings is 2. The van der Waals surface area contributed by atoms with E-state index in [0.29, 0.717) is 0 Å². The number of aliphatic imine (C=N–C) groups is 1. The third-order valence-electron chi connectivity index (χ3n) is 2.82. The fourth-order valence-electron chi connectivity index (χ4n) is 1.74. The predicted octanol–water partition coefficient (Wildman–Crippen LogP) is 3.88. The first kappa shape index (κ1) is 12.4. The Bertz CT molecular complexity index is 520. The molecule has 2 rings (SSSR count). The molecule has 0 N–H and O–H groups in total. The van der Waals surface area contributed by atoms with Gasteiger partial charge in [0.15, 0.2) is 0 Å². The predicted molar refractivity (Wildman–Crippen MR) is 75.4 cm³/mol. The van der Waals surface area contributed by atoms with Crippen LogP contribution in [0.3, 0.4) is 0 Å². The highest BCUT2D eigenvalue weighted by atomic mass is 16.5. The lowest BCUT2D eigenvalue weighted by Gasteiger charge is -2.06. The second-order valence-electron chi connectivity index (χ2n) is 4.14. The van der Waals surface area contributed by atoms with E-state index in [2.05, 4.69) is 24.0 Å². The molecule has 92 valence electrons. The Labute approximate surface area is 108 Å². The second-order valence-corrected chi connectivity index (χ2v) is 4.14. The summed E-state index contributed by atoms with van der Waals surface area (Å²) in [6, 6.07) is 18.3. The summed E-state index contributed by atoms with van der Waals surface area (Å²) < 4.78 is 5.18. The first-order chi connectivity index (χ1) is 8.79. The largest absolute Gasteiger partial charge is 0.497 e. The van der Waals surface area contributed by atoms with Gasteiger partial charge in [0.2, 0.25) is 0 Å². The Morgan fingerprint density at radius 1 is 1.06 bits per heavy atom. The zero-order chi connectivity index (χ0) is 12.8. The van der Waals surface area contributed by atoms with E-state index in [9.17, 15) is 0 Å². The number of nitrogens with zero attached hydrogens (tertiary/aromatic N) is 1. The molecule has 0 aromatic heterocycles. The van der Waals surface area contributed by atoms with Gasteiger partial charge in [-0.3, -0.25) is 4.99 Å². The van der Waals surface area contributed by atoms with Crippen molar-refractivity contribution in [2.75, 3.05) is 7.11 Å². The maximum Gasteiger partial charge on any atom is 0.119 e. The van der Waals surface area contributed by atoms with Gasteiger partial charge in [-0.15, -0.1) is 0 Å². The van der Waals surface area contributed by atoms with Crippen LogP contribution >= 0.6 is 0 Å². The molecule has 2 nitrogen and oxygen atoms in total. The highest BCUT2D eigenvalue weighted by molar-refractivity contribution is 5.80. The van der Waals surface area contributed by atoms with E-state index < -0.39 is 0 Å². The number of rotatable bonds is 4. The van der Waals surface area contributed by atoms with Gasteiger partial charge in [0.05, 0.1) is 13.2 Å². The zero-order valence-electron chi connectivity index (χ0n) is 10.7. The lowest BCUT2D eigenvalue weighted by molar-refractivity contribution is 0.415. The minimum Gasteiger partial charge on any atom is -0.497 e. The van der Waals surface area contributed by atoms with Crippen molar-refractivity contribution in [3.63, 3.8) is 0 Å². The fraction of sp³-hybridized carbons (Fsp3) is 0.188. The third kappa shape index (κ3) is 3.20. The van der Waals surface area contributed by atoms with Crippen molar-refractivity contribution in [3.8, 4) is 5.75 Å². The smallest absolute Gasteiger partial charge is 0.119 e. The Morgan fingerprint density at radius 2 is 1.83 bits per heavy atom. The summed E-state index contributed by atoms with van der Waals surface area (Å²) in [5.74, 6) is 0.853. The van der Waals surface area contributed by atoms with Gasteiger partial charge in [0.25, 0.3) is 0 Å². The molecule has 0 bridgehead atoms. The van der Waals surface area contributed by atoms with Crippen molar-refractivity contribution in [1.29, 1.82) is 0 Å². The second kappa shape index (κ2) is 6.01. The summed E-state index contributed by atoms with van der Waals surface area (Å²) in [4.78, 5) is 4.56. The Kier molecular flexibility index (Phi) is 4.13. The van der Waals surface area contributed by atoms with Crippen LogP contribution < -0.4 is 4.74 Å². The molecule has 1 atom stereocenters. The van der Waals surface area contributed by atoms with E-state index in [1.807, 2.05) is 48.7 Å². The van der Waals surface area contributed by atoms with Crippen molar-refractivity contribution in [2.24, 2.45) is 4.99 Å². The molecule has 2 aromatic rings. The molecule has 0 spiro atoms. The molecule has 0 saturated carbocycles. The summed E-state index contributed by atoms with van der Waals surface area (Å²) >= 11 is 0. The van der Waals surface area contributed by atoms with Crippen LogP contribution in [0.4, 0.5) is 0 Å². The van der Waals surface area contributed by atoms with Crippen LogP contribution in [0.5, 0.6) is 5.75 Å². The summed E-state index contributed by atoms with van der Waals surface area (Å²) in [6.07, 6.45) is 1.89. The Balaban J connectivity index is 2.10. The summed E-state index contributed by atoms with van der Waals surface area (Å²) in [5.41, 5.74) is 2.27. The van der Waals surface area contributed by atoms with Gasteiger partial charge in [-0.2, -0.15) is 0 Å². The third-order valence-corrected chi connectivity index (χ3v) is 2.82. The summed E-state index contributed by atoms with van der Waals surface area (Å²) in [5, 5.41) is 0. The molecule has 18 heavy (non-hydrogen) atoms. The van der Waals surface area contributed by atoms with E-state index in [0.717, 1.165) is 11.3 Å². The maximum atomic E-state index is 5.18. The molecule has 2 heteroatoms. The zero-order valence-corrected chi connectivity index (χ0v) is 10.7. The lowest BCUT2D eigenvalue weighted by atomic mass is 10.1. The average Bonchev–Trinajstić information content (AvgIpc) is 2.46. The highest BCUT2D eigenvalue weighted by Gasteiger charge is 2.00. The SMILES string of the molecule is COc1cccc(C=N[C@@H](C)c2ccccc2)c1. The molecule has 0 radical (unpaired) electrons. The summed E-state index contributed by atoms with van der Waals surface area (Å²) in [7, 11) is 1.67. The molecule has 0 heterocycles. The number of hydrogen-bond acceptors (Lipinski definition) is 2. The van der Waals surface area contributed by atoms with Crippen LogP contribution in [0.25, 0.3) is 0 Å². The van der Waals surface area contributed by atoms with Gasteiger partial charge in [-0.25, -0.2) is 0 Å². The van der Waals surface area contributed by atoms with Crippen LogP contribution in [0.2, 0.25) is 0 Å². The Morgan fingerprint density at radius 3 is 2.56 bits per heavy atom. The first-order valence-corrected chi connectivity index (χ1v) is 6.02. The monoisotopic (exact) mass is 239 g/mol. The van der Waals surface area contributed by atoms with E-state index >= 15 is 0 Å². The molecule has 0 aliphatic rings. The van der Waals surface area contributed by atoms with Crippen molar-refractivity contribution in [2.45, 2.75) is 13.0 Å². The fourth-order valence-corrected chi connectivity index (χ4v) is 1.74. The van der Waals surface area contributed by atoms with Crippen molar-refractivity contribution in [1.82, 2.24) is 0 Å². The van der Waals surface area contributed by atoms with Crippen molar-refractivity contribution >= 4 is 6.21 Å². The first-order valence-electron chi connectivity index (χ1n) is 6.02. The minimum absolute atomic E-state index is 0.164. The normalized spacial score (nSPS) is 12.6. The molecule has 0 amide bonds. The van der Waals surface area contributed by atoms with Crippen molar-refractivity contribution < 1.29 is 4.74 Å². The van der Waals surface area contributed by atoms with E-state index in [-0.39, 0.29) is 6.04 Å². The lowest BCUT2D eigenvalue weighted by Crippen LogP contribution is -1.91. The van der Waals surface area contributed by atoms with E-state index in [4.69, 9.17) is 4.74 Å². The van der Waals surface area contributed by atoms with Gasteiger partial charge < -0.3 is 4.74 Å². The van der Waals surface area contributed by atoms with E-state index in [1.54, 1.807) is 7.11 Å². The number of hydrogen-bond donors (Lipinski definition) is 0.